The Morgan fingerprint density at radius 3 is 2.31 bits per heavy atom. The Kier molecular flexibility index (Phi) is 2.64. The monoisotopic (exact) mass is 179 g/mol. The first kappa shape index (κ1) is 9.25. The molecule has 0 saturated carbocycles. The van der Waals surface area contributed by atoms with E-state index >= 15 is 0 Å². The number of carboxylic acid groups (broad SMARTS) is 1. The van der Waals surface area contributed by atoms with Gasteiger partial charge in [0.15, 0.2) is 0 Å². The molecule has 3 N–H and O–H groups in total. The van der Waals surface area contributed by atoms with Crippen molar-refractivity contribution in [3.63, 3.8) is 0 Å². The summed E-state index contributed by atoms with van der Waals surface area (Å²) in [4.78, 5) is 21.0. The molecular weight excluding hydrogens is 170 g/mol. The number of hydrogen-bond acceptors (Lipinski definition) is 3. The lowest BCUT2D eigenvalue weighted by Gasteiger charge is -2.04. The minimum Gasteiger partial charge on any atom is -0.480 e. The van der Waals surface area contributed by atoms with Crippen molar-refractivity contribution >= 4 is 17.9 Å². The zero-order valence-electron chi connectivity index (χ0n) is 6.81. The summed E-state index contributed by atoms with van der Waals surface area (Å²) in [6.45, 7) is 0. The van der Waals surface area contributed by atoms with E-state index in [0.29, 0.717) is 17.5 Å². The maximum absolute atomic E-state index is 10.6. The number of nitrogen functional groups attached to an aromatic ring is 1. The summed E-state index contributed by atoms with van der Waals surface area (Å²) >= 11 is 0. The molecule has 0 saturated heterocycles. The largest absolute Gasteiger partial charge is 0.480 e. The van der Waals surface area contributed by atoms with E-state index in [4.69, 9.17) is 10.8 Å². The summed E-state index contributed by atoms with van der Waals surface area (Å²) in [5.41, 5.74) is 6.39. The molecular formula is C9H9NO3. The lowest BCUT2D eigenvalue weighted by molar-refractivity contribution is -0.140. The van der Waals surface area contributed by atoms with Crippen molar-refractivity contribution in [2.24, 2.45) is 0 Å². The summed E-state index contributed by atoms with van der Waals surface area (Å²) in [6, 6.07) is 6.19. The molecule has 1 rings (SSSR count). The molecule has 0 aromatic heterocycles. The van der Waals surface area contributed by atoms with Crippen LogP contribution in [0.5, 0.6) is 0 Å². The zero-order chi connectivity index (χ0) is 9.84. The number of rotatable bonds is 3. The average Bonchev–Trinajstić information content (AvgIpc) is 2.09. The summed E-state index contributed by atoms with van der Waals surface area (Å²) in [6.07, 6.45) is 0.397. The van der Waals surface area contributed by atoms with Gasteiger partial charge in [-0.2, -0.15) is 0 Å². The van der Waals surface area contributed by atoms with Crippen molar-refractivity contribution in [2.45, 2.75) is 5.92 Å². The van der Waals surface area contributed by atoms with Crippen molar-refractivity contribution in [1.29, 1.82) is 0 Å². The number of aldehydes is 1. The Morgan fingerprint density at radius 2 is 1.92 bits per heavy atom. The van der Waals surface area contributed by atoms with Crippen LogP contribution in [0.4, 0.5) is 5.69 Å². The summed E-state index contributed by atoms with van der Waals surface area (Å²) in [5.74, 6) is -2.25. The van der Waals surface area contributed by atoms with Gasteiger partial charge in [-0.1, -0.05) is 12.1 Å². The molecule has 1 aromatic rings. The van der Waals surface area contributed by atoms with Gasteiger partial charge in [-0.15, -0.1) is 0 Å². The van der Waals surface area contributed by atoms with E-state index in [1.54, 1.807) is 12.1 Å². The summed E-state index contributed by atoms with van der Waals surface area (Å²) < 4.78 is 0. The van der Waals surface area contributed by atoms with E-state index in [1.807, 2.05) is 0 Å². The van der Waals surface area contributed by atoms with Crippen LogP contribution < -0.4 is 5.73 Å². The van der Waals surface area contributed by atoms with Crippen LogP contribution in [0, 0.1) is 0 Å². The number of carbonyl (C=O) groups excluding carboxylic acids is 1. The molecule has 0 spiro atoms. The molecule has 0 aliphatic heterocycles. The maximum Gasteiger partial charge on any atom is 0.318 e. The molecule has 0 aliphatic carbocycles. The maximum atomic E-state index is 10.6. The van der Waals surface area contributed by atoms with Crippen molar-refractivity contribution in [3.8, 4) is 0 Å². The second-order valence-corrected chi connectivity index (χ2v) is 2.62. The Bertz CT molecular complexity index is 318. The van der Waals surface area contributed by atoms with Gasteiger partial charge in [-0.3, -0.25) is 4.79 Å². The topological polar surface area (TPSA) is 80.4 Å². The van der Waals surface area contributed by atoms with Crippen LogP contribution in [0.1, 0.15) is 11.5 Å². The molecule has 68 valence electrons. The first-order chi connectivity index (χ1) is 6.15. The van der Waals surface area contributed by atoms with E-state index in [1.165, 1.54) is 12.1 Å². The van der Waals surface area contributed by atoms with Crippen LogP contribution in [-0.4, -0.2) is 17.4 Å². The fourth-order valence-corrected chi connectivity index (χ4v) is 0.983. The number of nitrogens with two attached hydrogens (primary N) is 1. The minimum absolute atomic E-state index is 0.397. The van der Waals surface area contributed by atoms with E-state index < -0.39 is 11.9 Å². The predicted octanol–water partition coefficient (Wildman–Crippen LogP) is 0.636. The Balaban J connectivity index is 2.99. The van der Waals surface area contributed by atoms with Crippen LogP contribution in [0.25, 0.3) is 0 Å². The molecule has 0 radical (unpaired) electrons. The molecule has 4 heteroatoms. The second kappa shape index (κ2) is 3.71. The number of carbonyl (C=O) groups is 2. The van der Waals surface area contributed by atoms with Gasteiger partial charge in [0.05, 0.1) is 0 Å². The lowest BCUT2D eigenvalue weighted by atomic mass is 10.0. The van der Waals surface area contributed by atoms with Crippen LogP contribution in [0.2, 0.25) is 0 Å². The van der Waals surface area contributed by atoms with Gasteiger partial charge < -0.3 is 15.6 Å². The number of anilines is 1. The van der Waals surface area contributed by atoms with Crippen molar-refractivity contribution in [3.05, 3.63) is 29.8 Å². The average molecular weight is 179 g/mol. The SMILES string of the molecule is Nc1ccc(C(C=O)C(=O)O)cc1. The van der Waals surface area contributed by atoms with E-state index in [-0.39, 0.29) is 0 Å². The standard InChI is InChI=1S/C9H9NO3/c10-7-3-1-6(2-4-7)8(5-11)9(12)13/h1-5,8H,10H2,(H,12,13). The van der Waals surface area contributed by atoms with Gasteiger partial charge in [-0.25, -0.2) is 0 Å². The van der Waals surface area contributed by atoms with Gasteiger partial charge in [0.2, 0.25) is 0 Å². The van der Waals surface area contributed by atoms with Crippen LogP contribution in [0.15, 0.2) is 24.3 Å². The fourth-order valence-electron chi connectivity index (χ4n) is 0.983. The van der Waals surface area contributed by atoms with Gasteiger partial charge in [-0.05, 0) is 17.7 Å². The third kappa shape index (κ3) is 2.05. The van der Waals surface area contributed by atoms with Gasteiger partial charge in [0.1, 0.15) is 12.2 Å². The van der Waals surface area contributed by atoms with Crippen LogP contribution in [0.3, 0.4) is 0 Å². The number of aliphatic carboxylic acids is 1. The number of benzene rings is 1. The Morgan fingerprint density at radius 1 is 1.38 bits per heavy atom. The van der Waals surface area contributed by atoms with Crippen molar-refractivity contribution in [2.75, 3.05) is 5.73 Å². The van der Waals surface area contributed by atoms with E-state index in [2.05, 4.69) is 0 Å². The van der Waals surface area contributed by atoms with Crippen LogP contribution >= 0.6 is 0 Å². The third-order valence-electron chi connectivity index (χ3n) is 1.70. The molecule has 0 heterocycles. The minimum atomic E-state index is -1.15. The van der Waals surface area contributed by atoms with Crippen LogP contribution in [-0.2, 0) is 9.59 Å². The molecule has 1 unspecified atom stereocenters. The highest BCUT2D eigenvalue weighted by molar-refractivity contribution is 5.92. The molecule has 0 aliphatic rings. The smallest absolute Gasteiger partial charge is 0.318 e. The number of carboxylic acids is 1. The van der Waals surface area contributed by atoms with E-state index in [0.717, 1.165) is 0 Å². The summed E-state index contributed by atoms with van der Waals surface area (Å²) in [5, 5.41) is 8.63. The van der Waals surface area contributed by atoms with Gasteiger partial charge in [0.25, 0.3) is 0 Å². The predicted molar refractivity (Wildman–Crippen MR) is 47.3 cm³/mol. The second-order valence-electron chi connectivity index (χ2n) is 2.62. The lowest BCUT2D eigenvalue weighted by Crippen LogP contribution is -2.12. The number of hydrogen-bond donors (Lipinski definition) is 2. The fraction of sp³-hybridized carbons (Fsp3) is 0.111. The molecule has 1 atom stereocenters. The normalized spacial score (nSPS) is 12.0. The molecule has 13 heavy (non-hydrogen) atoms. The molecule has 0 bridgehead atoms. The molecule has 4 nitrogen and oxygen atoms in total. The Hall–Kier alpha value is -1.84. The highest BCUT2D eigenvalue weighted by atomic mass is 16.4. The molecule has 1 aromatic carbocycles. The quantitative estimate of drug-likeness (QED) is 0.405. The third-order valence-corrected chi connectivity index (χ3v) is 1.70. The highest BCUT2D eigenvalue weighted by Gasteiger charge is 2.17. The van der Waals surface area contributed by atoms with Gasteiger partial charge >= 0.3 is 5.97 Å². The Labute approximate surface area is 75.0 Å². The van der Waals surface area contributed by atoms with E-state index in [9.17, 15) is 9.59 Å². The van der Waals surface area contributed by atoms with Gasteiger partial charge in [0, 0.05) is 5.69 Å². The van der Waals surface area contributed by atoms with Crippen molar-refractivity contribution in [1.82, 2.24) is 0 Å². The molecule has 0 fully saturated rings. The highest BCUT2D eigenvalue weighted by Crippen LogP contribution is 2.15. The first-order valence-corrected chi connectivity index (χ1v) is 3.68. The summed E-state index contributed by atoms with van der Waals surface area (Å²) in [7, 11) is 0. The zero-order valence-corrected chi connectivity index (χ0v) is 6.81. The molecule has 0 amide bonds. The van der Waals surface area contributed by atoms with Crippen molar-refractivity contribution < 1.29 is 14.7 Å². The first-order valence-electron chi connectivity index (χ1n) is 3.68.